The molecule has 3 aromatic rings. The Balaban J connectivity index is 1.66. The fourth-order valence-corrected chi connectivity index (χ4v) is 3.95. The number of benzene rings is 2. The number of esters is 1. The van der Waals surface area contributed by atoms with Gasteiger partial charge in [0, 0.05) is 25.2 Å². The average molecular weight is 448 g/mol. The number of hydrogen-bond acceptors (Lipinski definition) is 6. The van der Waals surface area contributed by atoms with Crippen molar-refractivity contribution in [1.82, 2.24) is 9.29 Å². The number of rotatable bonds is 6. The Morgan fingerprint density at radius 1 is 1.10 bits per heavy atom. The van der Waals surface area contributed by atoms with Crippen molar-refractivity contribution < 1.29 is 22.7 Å². The molecule has 0 aliphatic rings. The van der Waals surface area contributed by atoms with E-state index in [2.05, 4.69) is 10.3 Å². The van der Waals surface area contributed by atoms with E-state index in [1.54, 1.807) is 18.2 Å². The van der Waals surface area contributed by atoms with E-state index >= 15 is 0 Å². The molecule has 8 nitrogen and oxygen atoms in total. The van der Waals surface area contributed by atoms with Crippen LogP contribution < -0.4 is 5.32 Å². The highest BCUT2D eigenvalue weighted by Crippen LogP contribution is 2.26. The minimum Gasteiger partial charge on any atom is -0.451 e. The number of amides is 1. The van der Waals surface area contributed by atoms with Gasteiger partial charge in [-0.3, -0.25) is 4.79 Å². The highest BCUT2D eigenvalue weighted by atomic mass is 35.5. The van der Waals surface area contributed by atoms with Crippen molar-refractivity contribution in [1.29, 1.82) is 0 Å². The van der Waals surface area contributed by atoms with E-state index in [-0.39, 0.29) is 21.3 Å². The van der Waals surface area contributed by atoms with E-state index in [0.29, 0.717) is 5.52 Å². The average Bonchev–Trinajstić information content (AvgIpc) is 2.72. The largest absolute Gasteiger partial charge is 0.451 e. The second-order valence-electron chi connectivity index (χ2n) is 6.45. The van der Waals surface area contributed by atoms with Gasteiger partial charge in [-0.05, 0) is 30.3 Å². The number of aromatic nitrogens is 1. The minimum atomic E-state index is -3.79. The zero-order valence-corrected chi connectivity index (χ0v) is 17.7. The van der Waals surface area contributed by atoms with Crippen LogP contribution in [0.2, 0.25) is 5.02 Å². The van der Waals surface area contributed by atoms with Crippen LogP contribution in [0.25, 0.3) is 10.9 Å². The predicted octanol–water partition coefficient (Wildman–Crippen LogP) is 2.93. The summed E-state index contributed by atoms with van der Waals surface area (Å²) in [4.78, 5) is 28.4. The number of nitrogens with one attached hydrogen (secondary N) is 1. The Kier molecular flexibility index (Phi) is 6.35. The summed E-state index contributed by atoms with van der Waals surface area (Å²) in [6.45, 7) is -0.564. The lowest BCUT2D eigenvalue weighted by Gasteiger charge is -2.14. The summed E-state index contributed by atoms with van der Waals surface area (Å²) in [7, 11) is -1.04. The number of fused-ring (bicyclic) bond motifs is 1. The van der Waals surface area contributed by atoms with Crippen LogP contribution in [-0.4, -0.2) is 50.3 Å². The molecule has 1 aromatic heterocycles. The van der Waals surface area contributed by atoms with E-state index in [1.165, 1.54) is 38.4 Å². The number of halogens is 1. The molecule has 0 unspecified atom stereocenters. The predicted molar refractivity (Wildman–Crippen MR) is 113 cm³/mol. The van der Waals surface area contributed by atoms with Gasteiger partial charge in [0.1, 0.15) is 10.6 Å². The maximum absolute atomic E-state index is 12.3. The molecule has 0 aliphatic heterocycles. The lowest BCUT2D eigenvalue weighted by atomic mass is 10.2. The molecule has 1 heterocycles. The minimum absolute atomic E-state index is 0.0236. The number of anilines is 1. The van der Waals surface area contributed by atoms with Crippen molar-refractivity contribution in [2.45, 2.75) is 4.90 Å². The molecule has 0 radical (unpaired) electrons. The maximum Gasteiger partial charge on any atom is 0.357 e. The number of sulfonamides is 1. The fraction of sp³-hybridized carbons (Fsp3) is 0.150. The molecule has 1 N–H and O–H groups in total. The lowest BCUT2D eigenvalue weighted by molar-refractivity contribution is -0.119. The third-order valence-electron chi connectivity index (χ3n) is 4.12. The molecule has 0 aliphatic carbocycles. The summed E-state index contributed by atoms with van der Waals surface area (Å²) < 4.78 is 30.6. The van der Waals surface area contributed by atoms with Gasteiger partial charge in [-0.1, -0.05) is 35.9 Å². The summed E-state index contributed by atoms with van der Waals surface area (Å²) in [5, 5.41) is 3.38. The molecule has 0 saturated carbocycles. The van der Waals surface area contributed by atoms with Crippen molar-refractivity contribution in [2.75, 3.05) is 26.0 Å². The van der Waals surface area contributed by atoms with Gasteiger partial charge in [0.15, 0.2) is 6.61 Å². The number of ether oxygens (including phenoxy) is 1. The van der Waals surface area contributed by atoms with Crippen LogP contribution in [0.15, 0.2) is 59.5 Å². The second-order valence-corrected chi connectivity index (χ2v) is 8.97. The molecule has 1 amide bonds. The summed E-state index contributed by atoms with van der Waals surface area (Å²) >= 11 is 5.98. The molecule has 156 valence electrons. The standard InChI is InChI=1S/C20H18ClN3O5S/c1-24(2)30(27,28)18-11-14(8-9-15(18)21)22-19(25)12-29-20(26)17-10-7-13-5-3-4-6-16(13)23-17/h3-11H,12H2,1-2H3,(H,22,25). The third-order valence-corrected chi connectivity index (χ3v) is 6.41. The van der Waals surface area contributed by atoms with Crippen LogP contribution in [0, 0.1) is 0 Å². The lowest BCUT2D eigenvalue weighted by Crippen LogP contribution is -2.23. The first-order chi connectivity index (χ1) is 14.2. The van der Waals surface area contributed by atoms with Crippen LogP contribution in [0.4, 0.5) is 5.69 Å². The molecule has 10 heteroatoms. The van der Waals surface area contributed by atoms with Gasteiger partial charge in [0.05, 0.1) is 10.5 Å². The summed E-state index contributed by atoms with van der Waals surface area (Å²) in [5.74, 6) is -1.39. The van der Waals surface area contributed by atoms with Gasteiger partial charge in [-0.15, -0.1) is 0 Å². The van der Waals surface area contributed by atoms with Crippen molar-refractivity contribution in [2.24, 2.45) is 0 Å². The Labute approximate surface area is 178 Å². The Hall–Kier alpha value is -3.01. The molecule has 0 fully saturated rings. The van der Waals surface area contributed by atoms with E-state index < -0.39 is 28.5 Å². The van der Waals surface area contributed by atoms with Crippen LogP contribution >= 0.6 is 11.6 Å². The van der Waals surface area contributed by atoms with Crippen molar-refractivity contribution in [3.63, 3.8) is 0 Å². The van der Waals surface area contributed by atoms with Gasteiger partial charge in [0.25, 0.3) is 5.91 Å². The quantitative estimate of drug-likeness (QED) is 0.582. The first-order valence-electron chi connectivity index (χ1n) is 8.73. The van der Waals surface area contributed by atoms with Gasteiger partial charge in [-0.25, -0.2) is 22.5 Å². The second kappa shape index (κ2) is 8.78. The molecule has 0 saturated heterocycles. The molecule has 0 atom stereocenters. The Bertz CT molecular complexity index is 1230. The fourth-order valence-electron chi connectivity index (χ4n) is 2.56. The number of para-hydroxylation sites is 1. The zero-order chi connectivity index (χ0) is 21.9. The van der Waals surface area contributed by atoms with Crippen LogP contribution in [0.1, 0.15) is 10.5 Å². The van der Waals surface area contributed by atoms with Gasteiger partial charge < -0.3 is 10.1 Å². The Morgan fingerprint density at radius 2 is 1.83 bits per heavy atom. The Morgan fingerprint density at radius 3 is 2.57 bits per heavy atom. The zero-order valence-electron chi connectivity index (χ0n) is 16.1. The maximum atomic E-state index is 12.3. The highest BCUT2D eigenvalue weighted by Gasteiger charge is 2.21. The number of nitrogens with zero attached hydrogens (tertiary/aromatic N) is 2. The van der Waals surface area contributed by atoms with Crippen LogP contribution in [0.3, 0.4) is 0 Å². The molecular formula is C20H18ClN3O5S. The van der Waals surface area contributed by atoms with E-state index in [1.807, 2.05) is 12.1 Å². The van der Waals surface area contributed by atoms with Crippen molar-refractivity contribution >= 4 is 50.1 Å². The molecule has 0 bridgehead atoms. The third kappa shape index (κ3) is 4.76. The summed E-state index contributed by atoms with van der Waals surface area (Å²) in [6, 6.07) is 14.6. The normalized spacial score (nSPS) is 11.5. The summed E-state index contributed by atoms with van der Waals surface area (Å²) in [6.07, 6.45) is 0. The smallest absolute Gasteiger partial charge is 0.357 e. The number of carbonyl (C=O) groups excluding carboxylic acids is 2. The molecule has 3 rings (SSSR count). The van der Waals surface area contributed by atoms with Gasteiger partial charge in [-0.2, -0.15) is 0 Å². The number of pyridine rings is 1. The first kappa shape index (κ1) is 21.7. The first-order valence-corrected chi connectivity index (χ1v) is 10.5. The van der Waals surface area contributed by atoms with E-state index in [9.17, 15) is 18.0 Å². The van der Waals surface area contributed by atoms with E-state index in [4.69, 9.17) is 16.3 Å². The SMILES string of the molecule is CN(C)S(=O)(=O)c1cc(NC(=O)COC(=O)c2ccc3ccccc3n2)ccc1Cl. The van der Waals surface area contributed by atoms with Gasteiger partial charge >= 0.3 is 5.97 Å². The molecule has 0 spiro atoms. The monoisotopic (exact) mass is 447 g/mol. The molecular weight excluding hydrogens is 430 g/mol. The van der Waals surface area contributed by atoms with Crippen molar-refractivity contribution in [3.8, 4) is 0 Å². The van der Waals surface area contributed by atoms with Gasteiger partial charge in [0.2, 0.25) is 10.0 Å². The van der Waals surface area contributed by atoms with Crippen LogP contribution in [0.5, 0.6) is 0 Å². The highest BCUT2D eigenvalue weighted by molar-refractivity contribution is 7.89. The number of carbonyl (C=O) groups is 2. The molecule has 2 aromatic carbocycles. The summed E-state index contributed by atoms with van der Waals surface area (Å²) in [5.41, 5.74) is 0.907. The molecule has 30 heavy (non-hydrogen) atoms. The number of hydrogen-bond donors (Lipinski definition) is 1. The van der Waals surface area contributed by atoms with E-state index in [0.717, 1.165) is 9.69 Å². The van der Waals surface area contributed by atoms with Crippen LogP contribution in [-0.2, 0) is 19.6 Å². The topological polar surface area (TPSA) is 106 Å². The van der Waals surface area contributed by atoms with Crippen molar-refractivity contribution in [3.05, 3.63) is 65.3 Å².